The molecule has 0 saturated heterocycles. The number of aryl methyl sites for hydroxylation is 2. The Balaban J connectivity index is 2.56. The first-order valence-electron chi connectivity index (χ1n) is 5.79. The minimum absolute atomic E-state index is 0.597. The van der Waals surface area contributed by atoms with E-state index >= 15 is 0 Å². The van der Waals surface area contributed by atoms with E-state index in [-0.39, 0.29) is 0 Å². The molecule has 1 aromatic carbocycles. The van der Waals surface area contributed by atoms with Crippen molar-refractivity contribution in [1.29, 1.82) is 0 Å². The lowest BCUT2D eigenvalue weighted by atomic mass is 10.1. The molecule has 0 aliphatic heterocycles. The number of hydrogen-bond donors (Lipinski definition) is 1. The fourth-order valence-electron chi connectivity index (χ4n) is 1.85. The first kappa shape index (κ1) is 10.9. The molecule has 2 N–H and O–H groups in total. The standard InChI is InChI=1S/C13H17N3/c1-3-5-9-6-7-11-10(8-9)13(14)16-12(4-2)15-11/h6-8H,3-5H2,1-2H3,(H2,14,15,16). The lowest BCUT2D eigenvalue weighted by Gasteiger charge is -2.06. The topological polar surface area (TPSA) is 51.8 Å². The number of benzene rings is 1. The van der Waals surface area contributed by atoms with E-state index in [1.807, 2.05) is 13.0 Å². The highest BCUT2D eigenvalue weighted by atomic mass is 14.9. The maximum atomic E-state index is 5.95. The third kappa shape index (κ3) is 1.98. The van der Waals surface area contributed by atoms with Crippen LogP contribution in [0.2, 0.25) is 0 Å². The summed E-state index contributed by atoms with van der Waals surface area (Å²) in [6.07, 6.45) is 3.03. The van der Waals surface area contributed by atoms with Gasteiger partial charge in [0.2, 0.25) is 0 Å². The Kier molecular flexibility index (Phi) is 3.04. The lowest BCUT2D eigenvalue weighted by Crippen LogP contribution is -2.00. The van der Waals surface area contributed by atoms with Crippen molar-refractivity contribution >= 4 is 16.7 Å². The molecule has 2 rings (SSSR count). The average molecular weight is 215 g/mol. The molecule has 0 atom stereocenters. The molecule has 0 saturated carbocycles. The van der Waals surface area contributed by atoms with Gasteiger partial charge in [0.05, 0.1) is 5.52 Å². The Morgan fingerprint density at radius 2 is 2.00 bits per heavy atom. The fraction of sp³-hybridized carbons (Fsp3) is 0.385. The van der Waals surface area contributed by atoms with E-state index in [0.29, 0.717) is 5.82 Å². The Morgan fingerprint density at radius 1 is 1.19 bits per heavy atom. The van der Waals surface area contributed by atoms with Crippen LogP contribution in [-0.4, -0.2) is 9.97 Å². The van der Waals surface area contributed by atoms with Crippen molar-refractivity contribution < 1.29 is 0 Å². The summed E-state index contributed by atoms with van der Waals surface area (Å²) in [6.45, 7) is 4.20. The third-order valence-corrected chi connectivity index (χ3v) is 2.69. The van der Waals surface area contributed by atoms with Crippen LogP contribution in [0.1, 0.15) is 31.7 Å². The highest BCUT2D eigenvalue weighted by molar-refractivity contribution is 5.88. The van der Waals surface area contributed by atoms with Crippen LogP contribution < -0.4 is 5.73 Å². The molecule has 1 aromatic heterocycles. The van der Waals surface area contributed by atoms with Gasteiger partial charge in [0.1, 0.15) is 11.6 Å². The van der Waals surface area contributed by atoms with Crippen molar-refractivity contribution in [2.45, 2.75) is 33.1 Å². The quantitative estimate of drug-likeness (QED) is 0.856. The van der Waals surface area contributed by atoms with Crippen LogP contribution in [0.3, 0.4) is 0 Å². The zero-order chi connectivity index (χ0) is 11.5. The monoisotopic (exact) mass is 215 g/mol. The van der Waals surface area contributed by atoms with Crippen molar-refractivity contribution in [2.75, 3.05) is 5.73 Å². The Hall–Kier alpha value is -1.64. The maximum Gasteiger partial charge on any atom is 0.135 e. The predicted molar refractivity (Wildman–Crippen MR) is 67.3 cm³/mol. The van der Waals surface area contributed by atoms with Crippen molar-refractivity contribution in [2.24, 2.45) is 0 Å². The molecule has 16 heavy (non-hydrogen) atoms. The highest BCUT2D eigenvalue weighted by Crippen LogP contribution is 2.20. The number of rotatable bonds is 3. The van der Waals surface area contributed by atoms with Gasteiger partial charge in [-0.1, -0.05) is 26.3 Å². The summed E-state index contributed by atoms with van der Waals surface area (Å²) in [5.41, 5.74) is 8.20. The van der Waals surface area contributed by atoms with E-state index in [0.717, 1.165) is 36.0 Å². The molecule has 0 radical (unpaired) electrons. The van der Waals surface area contributed by atoms with Crippen molar-refractivity contribution in [3.05, 3.63) is 29.6 Å². The van der Waals surface area contributed by atoms with E-state index < -0.39 is 0 Å². The summed E-state index contributed by atoms with van der Waals surface area (Å²) in [5.74, 6) is 1.41. The molecule has 0 spiro atoms. The minimum Gasteiger partial charge on any atom is -0.383 e. The number of nitrogens with zero attached hydrogens (tertiary/aromatic N) is 2. The number of fused-ring (bicyclic) bond motifs is 1. The van der Waals surface area contributed by atoms with Crippen LogP contribution in [-0.2, 0) is 12.8 Å². The summed E-state index contributed by atoms with van der Waals surface area (Å²) >= 11 is 0. The first-order chi connectivity index (χ1) is 7.74. The second kappa shape index (κ2) is 4.47. The zero-order valence-corrected chi connectivity index (χ0v) is 9.83. The van der Waals surface area contributed by atoms with Crippen molar-refractivity contribution in [3.8, 4) is 0 Å². The van der Waals surface area contributed by atoms with Gasteiger partial charge in [-0.2, -0.15) is 0 Å². The van der Waals surface area contributed by atoms with Crippen molar-refractivity contribution in [3.63, 3.8) is 0 Å². The number of aromatic nitrogens is 2. The number of nitrogens with two attached hydrogens (primary N) is 1. The summed E-state index contributed by atoms with van der Waals surface area (Å²) in [7, 11) is 0. The highest BCUT2D eigenvalue weighted by Gasteiger charge is 2.04. The summed E-state index contributed by atoms with van der Waals surface area (Å²) in [4.78, 5) is 8.75. The van der Waals surface area contributed by atoms with Gasteiger partial charge in [-0.05, 0) is 24.1 Å². The molecule has 0 aliphatic carbocycles. The van der Waals surface area contributed by atoms with E-state index in [4.69, 9.17) is 5.73 Å². The van der Waals surface area contributed by atoms with E-state index in [9.17, 15) is 0 Å². The Labute approximate surface area is 95.7 Å². The first-order valence-corrected chi connectivity index (χ1v) is 5.79. The van der Waals surface area contributed by atoms with Crippen LogP contribution >= 0.6 is 0 Å². The maximum absolute atomic E-state index is 5.95. The molecule has 0 fully saturated rings. The van der Waals surface area contributed by atoms with Gasteiger partial charge < -0.3 is 5.73 Å². The Bertz CT molecular complexity index is 506. The van der Waals surface area contributed by atoms with E-state index in [1.54, 1.807) is 0 Å². The molecule has 0 aliphatic rings. The number of anilines is 1. The zero-order valence-electron chi connectivity index (χ0n) is 9.83. The summed E-state index contributed by atoms with van der Waals surface area (Å²) in [5, 5.41) is 0.975. The second-order valence-corrected chi connectivity index (χ2v) is 3.98. The lowest BCUT2D eigenvalue weighted by molar-refractivity contribution is 0.922. The van der Waals surface area contributed by atoms with Crippen LogP contribution in [0.25, 0.3) is 10.9 Å². The number of nitrogen functional groups attached to an aromatic ring is 1. The molecular weight excluding hydrogens is 198 g/mol. The van der Waals surface area contributed by atoms with Crippen molar-refractivity contribution in [1.82, 2.24) is 9.97 Å². The van der Waals surface area contributed by atoms with Gasteiger partial charge in [0.25, 0.3) is 0 Å². The molecule has 3 heteroatoms. The fourth-order valence-corrected chi connectivity index (χ4v) is 1.85. The summed E-state index contributed by atoms with van der Waals surface area (Å²) in [6, 6.07) is 6.27. The SMILES string of the molecule is CCCc1ccc2nc(CC)nc(N)c2c1. The molecular formula is C13H17N3. The molecule has 0 amide bonds. The molecule has 3 nitrogen and oxygen atoms in total. The van der Waals surface area contributed by atoms with E-state index in [1.165, 1.54) is 5.56 Å². The number of hydrogen-bond acceptors (Lipinski definition) is 3. The third-order valence-electron chi connectivity index (χ3n) is 2.69. The van der Waals surface area contributed by atoms with Gasteiger partial charge in [-0.25, -0.2) is 9.97 Å². The van der Waals surface area contributed by atoms with Crippen LogP contribution in [0.4, 0.5) is 5.82 Å². The van der Waals surface area contributed by atoms with Gasteiger partial charge in [-0.15, -0.1) is 0 Å². The molecule has 0 bridgehead atoms. The van der Waals surface area contributed by atoms with Crippen LogP contribution in [0, 0.1) is 0 Å². The molecule has 0 unspecified atom stereocenters. The van der Waals surface area contributed by atoms with Gasteiger partial charge in [-0.3, -0.25) is 0 Å². The van der Waals surface area contributed by atoms with E-state index in [2.05, 4.69) is 29.0 Å². The minimum atomic E-state index is 0.597. The molecule has 84 valence electrons. The molecule has 2 aromatic rings. The normalized spacial score (nSPS) is 10.9. The Morgan fingerprint density at radius 3 is 2.69 bits per heavy atom. The summed E-state index contributed by atoms with van der Waals surface area (Å²) < 4.78 is 0. The van der Waals surface area contributed by atoms with Crippen LogP contribution in [0.5, 0.6) is 0 Å². The largest absolute Gasteiger partial charge is 0.383 e. The second-order valence-electron chi connectivity index (χ2n) is 3.98. The average Bonchev–Trinajstić information content (AvgIpc) is 2.30. The smallest absolute Gasteiger partial charge is 0.135 e. The predicted octanol–water partition coefficient (Wildman–Crippen LogP) is 2.73. The van der Waals surface area contributed by atoms with Crippen LogP contribution in [0.15, 0.2) is 18.2 Å². The molecule has 1 heterocycles. The van der Waals surface area contributed by atoms with Gasteiger partial charge in [0, 0.05) is 11.8 Å². The van der Waals surface area contributed by atoms with Gasteiger partial charge in [0.15, 0.2) is 0 Å². The van der Waals surface area contributed by atoms with Gasteiger partial charge >= 0.3 is 0 Å².